The highest BCUT2D eigenvalue weighted by molar-refractivity contribution is 7.47. The zero-order valence-electron chi connectivity index (χ0n) is 19.2. The highest BCUT2D eigenvalue weighted by Crippen LogP contribution is 2.43. The molecule has 0 aliphatic carbocycles. The average molecular weight is 468 g/mol. The molecule has 0 saturated carbocycles. The van der Waals surface area contributed by atoms with E-state index < -0.39 is 32.5 Å². The molecule has 2 atom stereocenters. The summed E-state index contributed by atoms with van der Waals surface area (Å²) in [5.74, 6) is -1.02. The predicted octanol–water partition coefficient (Wildman–Crippen LogP) is 4.25. The molecule has 0 aromatic carbocycles. The molecule has 184 valence electrons. The number of unbranched alkanes of at least 4 members (excludes halogenated alkanes) is 10. The molecule has 3 N–H and O–H groups in total. The Morgan fingerprint density at radius 2 is 1.45 bits per heavy atom. The maximum atomic E-state index is 12.1. The van der Waals surface area contributed by atoms with Gasteiger partial charge in [0, 0.05) is 19.9 Å². The molecule has 2 unspecified atom stereocenters. The van der Waals surface area contributed by atoms with E-state index in [0.717, 1.165) is 12.8 Å². The Morgan fingerprint density at radius 3 is 1.97 bits per heavy atom. The van der Waals surface area contributed by atoms with Crippen molar-refractivity contribution in [3.8, 4) is 0 Å². The van der Waals surface area contributed by atoms with Crippen LogP contribution in [-0.4, -0.2) is 49.3 Å². The van der Waals surface area contributed by atoms with Crippen molar-refractivity contribution in [3.63, 3.8) is 0 Å². The van der Waals surface area contributed by atoms with Crippen molar-refractivity contribution in [2.24, 2.45) is 5.73 Å². The second-order valence-electron chi connectivity index (χ2n) is 7.59. The molecule has 0 aliphatic heterocycles. The molecule has 0 aromatic heterocycles. The monoisotopic (exact) mass is 467 g/mol. The minimum atomic E-state index is -4.31. The number of nitrogens with two attached hydrogens (primary N) is 1. The van der Waals surface area contributed by atoms with Gasteiger partial charge in [-0.05, 0) is 6.42 Å². The van der Waals surface area contributed by atoms with Crippen LogP contribution < -0.4 is 5.73 Å². The van der Waals surface area contributed by atoms with Crippen molar-refractivity contribution in [1.29, 1.82) is 0 Å². The molecule has 10 heteroatoms. The highest BCUT2D eigenvalue weighted by atomic mass is 31.2. The number of ether oxygens (including phenoxy) is 2. The molecule has 9 nitrogen and oxygen atoms in total. The van der Waals surface area contributed by atoms with Gasteiger partial charge in [-0.1, -0.05) is 71.1 Å². The van der Waals surface area contributed by atoms with Crippen molar-refractivity contribution in [2.75, 3.05) is 26.4 Å². The number of phosphoric acid groups is 1. The van der Waals surface area contributed by atoms with Crippen molar-refractivity contribution in [3.05, 3.63) is 0 Å². The Kier molecular flexibility index (Phi) is 19.0. The highest BCUT2D eigenvalue weighted by Gasteiger charge is 2.25. The van der Waals surface area contributed by atoms with Gasteiger partial charge >= 0.3 is 19.8 Å². The van der Waals surface area contributed by atoms with E-state index in [0.29, 0.717) is 6.42 Å². The first kappa shape index (κ1) is 30.0. The number of carbonyl (C=O) groups excluding carboxylic acids is 2. The van der Waals surface area contributed by atoms with E-state index in [-0.39, 0.29) is 26.2 Å². The number of hydrogen-bond donors (Lipinski definition) is 2. The summed E-state index contributed by atoms with van der Waals surface area (Å²) in [6.45, 7) is 2.63. The van der Waals surface area contributed by atoms with Crippen LogP contribution in [0.2, 0.25) is 0 Å². The minimum Gasteiger partial charge on any atom is -0.462 e. The summed E-state index contributed by atoms with van der Waals surface area (Å²) in [5, 5.41) is 0. The van der Waals surface area contributed by atoms with Crippen LogP contribution in [-0.2, 0) is 32.7 Å². The fourth-order valence-corrected chi connectivity index (χ4v) is 3.65. The SMILES string of the molecule is CCCCCCCCCCCCCC(=O)OC(COC(C)=O)COP(=O)(O)OCCN. The smallest absolute Gasteiger partial charge is 0.462 e. The first-order chi connectivity index (χ1) is 14.8. The summed E-state index contributed by atoms with van der Waals surface area (Å²) in [7, 11) is -4.31. The van der Waals surface area contributed by atoms with Crippen molar-refractivity contribution in [1.82, 2.24) is 0 Å². The van der Waals surface area contributed by atoms with Gasteiger partial charge in [-0.2, -0.15) is 0 Å². The Labute approximate surface area is 186 Å². The number of carbonyl (C=O) groups is 2. The molecule has 0 aliphatic rings. The zero-order valence-corrected chi connectivity index (χ0v) is 20.1. The molecule has 0 bridgehead atoms. The molecular formula is C21H42NO8P. The lowest BCUT2D eigenvalue weighted by Gasteiger charge is -2.19. The third-order valence-corrected chi connectivity index (χ3v) is 5.54. The van der Waals surface area contributed by atoms with Crippen LogP contribution >= 0.6 is 7.82 Å². The summed E-state index contributed by atoms with van der Waals surface area (Å²) >= 11 is 0. The standard InChI is InChI=1S/C21H42NO8P/c1-3-4-5-6-7-8-9-10-11-12-13-14-21(24)30-20(17-27-19(2)23)18-29-31(25,26)28-16-15-22/h20H,3-18,22H2,1-2H3,(H,25,26). The number of phosphoric ester groups is 1. The maximum Gasteiger partial charge on any atom is 0.472 e. The van der Waals surface area contributed by atoms with Crippen LogP contribution in [0.3, 0.4) is 0 Å². The summed E-state index contributed by atoms with van der Waals surface area (Å²) in [6.07, 6.45) is 12.2. The van der Waals surface area contributed by atoms with Gasteiger partial charge < -0.3 is 20.1 Å². The number of esters is 2. The normalized spacial score (nSPS) is 14.1. The number of rotatable bonds is 21. The van der Waals surface area contributed by atoms with Crippen LogP contribution in [0.15, 0.2) is 0 Å². The number of hydrogen-bond acceptors (Lipinski definition) is 8. The summed E-state index contributed by atoms with van der Waals surface area (Å²) < 4.78 is 31.2. The third-order valence-electron chi connectivity index (χ3n) is 4.55. The topological polar surface area (TPSA) is 134 Å². The zero-order chi connectivity index (χ0) is 23.4. The first-order valence-electron chi connectivity index (χ1n) is 11.5. The maximum absolute atomic E-state index is 12.1. The molecule has 0 saturated heterocycles. The quantitative estimate of drug-likeness (QED) is 0.144. The van der Waals surface area contributed by atoms with E-state index in [9.17, 15) is 19.0 Å². The van der Waals surface area contributed by atoms with Crippen LogP contribution in [0.5, 0.6) is 0 Å². The molecule has 0 radical (unpaired) electrons. The lowest BCUT2D eigenvalue weighted by Crippen LogP contribution is -2.29. The minimum absolute atomic E-state index is 0.0543. The molecule has 0 aromatic rings. The Bertz CT molecular complexity index is 518. The van der Waals surface area contributed by atoms with Gasteiger partial charge in [0.1, 0.15) is 6.61 Å². The van der Waals surface area contributed by atoms with E-state index in [4.69, 9.17) is 19.7 Å². The van der Waals surface area contributed by atoms with Crippen LogP contribution in [0.1, 0.15) is 90.9 Å². The average Bonchev–Trinajstić information content (AvgIpc) is 2.72. The van der Waals surface area contributed by atoms with E-state index in [1.807, 2.05) is 0 Å². The van der Waals surface area contributed by atoms with E-state index in [2.05, 4.69) is 11.4 Å². The molecule has 31 heavy (non-hydrogen) atoms. The molecule has 0 heterocycles. The third kappa shape index (κ3) is 20.7. The predicted molar refractivity (Wildman–Crippen MR) is 118 cm³/mol. The van der Waals surface area contributed by atoms with Crippen molar-refractivity contribution < 1.29 is 37.6 Å². The van der Waals surface area contributed by atoms with E-state index in [1.54, 1.807) is 0 Å². The Balaban J connectivity index is 4.03. The fourth-order valence-electron chi connectivity index (χ4n) is 2.89. The van der Waals surface area contributed by atoms with E-state index in [1.165, 1.54) is 58.3 Å². The van der Waals surface area contributed by atoms with Gasteiger partial charge in [0.25, 0.3) is 0 Å². The molecule has 0 amide bonds. The van der Waals surface area contributed by atoms with Crippen molar-refractivity contribution in [2.45, 2.75) is 97.0 Å². The van der Waals surface area contributed by atoms with Crippen LogP contribution in [0.4, 0.5) is 0 Å². The Hall–Kier alpha value is -0.990. The summed E-state index contributed by atoms with van der Waals surface area (Å²) in [5.41, 5.74) is 5.21. The Morgan fingerprint density at radius 1 is 0.903 bits per heavy atom. The molecule has 0 spiro atoms. The van der Waals surface area contributed by atoms with Gasteiger partial charge in [-0.15, -0.1) is 0 Å². The van der Waals surface area contributed by atoms with Gasteiger partial charge in [0.2, 0.25) is 0 Å². The lowest BCUT2D eigenvalue weighted by molar-refractivity contribution is -0.160. The molecule has 0 fully saturated rings. The summed E-state index contributed by atoms with van der Waals surface area (Å²) in [4.78, 5) is 32.6. The second kappa shape index (κ2) is 19.7. The van der Waals surface area contributed by atoms with Crippen LogP contribution in [0.25, 0.3) is 0 Å². The molecular weight excluding hydrogens is 425 g/mol. The van der Waals surface area contributed by atoms with Gasteiger partial charge in [-0.3, -0.25) is 18.6 Å². The second-order valence-corrected chi connectivity index (χ2v) is 9.04. The van der Waals surface area contributed by atoms with Crippen LogP contribution in [0, 0.1) is 0 Å². The lowest BCUT2D eigenvalue weighted by atomic mass is 10.1. The molecule has 0 rings (SSSR count). The van der Waals surface area contributed by atoms with E-state index >= 15 is 0 Å². The largest absolute Gasteiger partial charge is 0.472 e. The van der Waals surface area contributed by atoms with Crippen molar-refractivity contribution >= 4 is 19.8 Å². The fraction of sp³-hybridized carbons (Fsp3) is 0.905. The van der Waals surface area contributed by atoms with Gasteiger partial charge in [0.15, 0.2) is 6.10 Å². The first-order valence-corrected chi connectivity index (χ1v) is 12.9. The summed E-state index contributed by atoms with van der Waals surface area (Å²) in [6, 6.07) is 0. The van der Waals surface area contributed by atoms with Gasteiger partial charge in [-0.25, -0.2) is 4.57 Å². The van der Waals surface area contributed by atoms with Gasteiger partial charge in [0.05, 0.1) is 13.2 Å².